The van der Waals surface area contributed by atoms with E-state index >= 15 is 0 Å². The van der Waals surface area contributed by atoms with Crippen LogP contribution in [-0.2, 0) is 13.1 Å². The lowest BCUT2D eigenvalue weighted by atomic mass is 10.1. The standard InChI is InChI=1S/C23H23ClN4O2/c1-16(2)12-13-27-22(29)20-21(25-15-26(20)14-17-6-4-3-5-7-17)28(23(27)30)19-10-8-18(24)9-11-19/h3-11,15-16H,12-14H2,1-2H3. The summed E-state index contributed by atoms with van der Waals surface area (Å²) in [4.78, 5) is 31.1. The molecule has 30 heavy (non-hydrogen) atoms. The molecule has 2 aromatic carbocycles. The zero-order valence-electron chi connectivity index (χ0n) is 17.0. The minimum Gasteiger partial charge on any atom is -0.320 e. The van der Waals surface area contributed by atoms with Crippen LogP contribution >= 0.6 is 11.6 Å². The van der Waals surface area contributed by atoms with E-state index in [1.807, 2.05) is 34.9 Å². The van der Waals surface area contributed by atoms with E-state index in [2.05, 4.69) is 18.8 Å². The predicted octanol–water partition coefficient (Wildman–Crippen LogP) is 4.10. The molecule has 0 spiro atoms. The van der Waals surface area contributed by atoms with Crippen molar-refractivity contribution in [1.82, 2.24) is 18.7 Å². The monoisotopic (exact) mass is 422 g/mol. The largest absolute Gasteiger partial charge is 0.337 e. The molecular formula is C23H23ClN4O2. The Morgan fingerprint density at radius 3 is 2.37 bits per heavy atom. The molecule has 0 aliphatic heterocycles. The molecule has 0 saturated carbocycles. The summed E-state index contributed by atoms with van der Waals surface area (Å²) in [5, 5.41) is 0.575. The molecule has 0 amide bonds. The Morgan fingerprint density at radius 2 is 1.70 bits per heavy atom. The second-order valence-electron chi connectivity index (χ2n) is 7.76. The zero-order valence-corrected chi connectivity index (χ0v) is 17.7. The fraction of sp³-hybridized carbons (Fsp3) is 0.261. The van der Waals surface area contributed by atoms with Crippen LogP contribution < -0.4 is 11.2 Å². The average Bonchev–Trinajstić information content (AvgIpc) is 3.13. The number of hydrogen-bond donors (Lipinski definition) is 0. The van der Waals surface area contributed by atoms with Crippen LogP contribution in [0, 0.1) is 5.92 Å². The van der Waals surface area contributed by atoms with Crippen molar-refractivity contribution in [3.05, 3.63) is 92.3 Å². The minimum absolute atomic E-state index is 0.311. The molecule has 154 valence electrons. The van der Waals surface area contributed by atoms with Gasteiger partial charge in [-0.05, 0) is 42.2 Å². The topological polar surface area (TPSA) is 61.8 Å². The number of halogens is 1. The van der Waals surface area contributed by atoms with Crippen molar-refractivity contribution in [2.24, 2.45) is 5.92 Å². The van der Waals surface area contributed by atoms with Gasteiger partial charge in [0.05, 0.1) is 12.0 Å². The number of hydrogen-bond acceptors (Lipinski definition) is 3. The van der Waals surface area contributed by atoms with Crippen LogP contribution in [0.4, 0.5) is 0 Å². The smallest absolute Gasteiger partial charge is 0.320 e. The van der Waals surface area contributed by atoms with Gasteiger partial charge < -0.3 is 4.57 Å². The van der Waals surface area contributed by atoms with E-state index in [9.17, 15) is 9.59 Å². The normalized spacial score (nSPS) is 11.5. The molecule has 2 heterocycles. The Labute approximate surface area is 179 Å². The van der Waals surface area contributed by atoms with E-state index in [4.69, 9.17) is 11.6 Å². The van der Waals surface area contributed by atoms with Crippen LogP contribution in [0.3, 0.4) is 0 Å². The summed E-state index contributed by atoms with van der Waals surface area (Å²) in [6, 6.07) is 16.8. The Kier molecular flexibility index (Phi) is 5.59. The number of fused-ring (bicyclic) bond motifs is 1. The van der Waals surface area contributed by atoms with Crippen molar-refractivity contribution in [3.8, 4) is 5.69 Å². The van der Waals surface area contributed by atoms with Gasteiger partial charge in [-0.25, -0.2) is 14.3 Å². The molecule has 7 heteroatoms. The van der Waals surface area contributed by atoms with Crippen molar-refractivity contribution in [2.75, 3.05) is 0 Å². The molecule has 0 atom stereocenters. The van der Waals surface area contributed by atoms with E-state index in [0.29, 0.717) is 40.9 Å². The van der Waals surface area contributed by atoms with Gasteiger partial charge in [-0.2, -0.15) is 0 Å². The first-order valence-electron chi connectivity index (χ1n) is 9.96. The van der Waals surface area contributed by atoms with E-state index in [1.165, 1.54) is 9.13 Å². The maximum Gasteiger partial charge on any atom is 0.337 e. The lowest BCUT2D eigenvalue weighted by Crippen LogP contribution is -2.40. The highest BCUT2D eigenvalue weighted by Gasteiger charge is 2.19. The Hall–Kier alpha value is -3.12. The highest BCUT2D eigenvalue weighted by Crippen LogP contribution is 2.17. The third-order valence-corrected chi connectivity index (χ3v) is 5.36. The Morgan fingerprint density at radius 1 is 1.00 bits per heavy atom. The first-order valence-corrected chi connectivity index (χ1v) is 10.3. The minimum atomic E-state index is -0.388. The van der Waals surface area contributed by atoms with E-state index in [-0.39, 0.29) is 11.2 Å². The predicted molar refractivity (Wildman–Crippen MR) is 120 cm³/mol. The first kappa shape index (κ1) is 20.2. The van der Waals surface area contributed by atoms with Gasteiger partial charge in [0.1, 0.15) is 0 Å². The Balaban J connectivity index is 1.96. The molecule has 2 aromatic heterocycles. The van der Waals surface area contributed by atoms with Crippen LogP contribution in [0.1, 0.15) is 25.8 Å². The van der Waals surface area contributed by atoms with E-state index < -0.39 is 0 Å². The summed E-state index contributed by atoms with van der Waals surface area (Å²) in [5.41, 5.74) is 1.74. The molecule has 0 fully saturated rings. The van der Waals surface area contributed by atoms with E-state index in [1.54, 1.807) is 30.6 Å². The van der Waals surface area contributed by atoms with Crippen molar-refractivity contribution < 1.29 is 0 Å². The van der Waals surface area contributed by atoms with Gasteiger partial charge in [-0.1, -0.05) is 55.8 Å². The number of nitrogens with zero attached hydrogens (tertiary/aromatic N) is 4. The summed E-state index contributed by atoms with van der Waals surface area (Å²) < 4.78 is 4.62. The third kappa shape index (κ3) is 3.83. The number of benzene rings is 2. The van der Waals surface area contributed by atoms with Gasteiger partial charge in [0.15, 0.2) is 11.2 Å². The average molecular weight is 423 g/mol. The number of imidazole rings is 1. The lowest BCUT2D eigenvalue weighted by Gasteiger charge is -2.13. The molecule has 0 aliphatic carbocycles. The number of aromatic nitrogens is 4. The van der Waals surface area contributed by atoms with Gasteiger partial charge in [-0.15, -0.1) is 0 Å². The van der Waals surface area contributed by atoms with Gasteiger partial charge in [0.25, 0.3) is 5.56 Å². The van der Waals surface area contributed by atoms with Crippen molar-refractivity contribution in [2.45, 2.75) is 33.4 Å². The fourth-order valence-electron chi connectivity index (χ4n) is 3.49. The van der Waals surface area contributed by atoms with Crippen LogP contribution in [0.2, 0.25) is 5.02 Å². The molecule has 6 nitrogen and oxygen atoms in total. The summed E-state index contributed by atoms with van der Waals surface area (Å²) in [6.45, 7) is 4.99. The van der Waals surface area contributed by atoms with Crippen LogP contribution in [0.15, 0.2) is 70.5 Å². The summed E-state index contributed by atoms with van der Waals surface area (Å²) in [6.07, 6.45) is 2.35. The van der Waals surface area contributed by atoms with Crippen molar-refractivity contribution in [1.29, 1.82) is 0 Å². The maximum absolute atomic E-state index is 13.3. The molecule has 0 N–H and O–H groups in total. The molecule has 0 bridgehead atoms. The van der Waals surface area contributed by atoms with Gasteiger partial charge in [0, 0.05) is 18.1 Å². The molecule has 0 unspecified atom stereocenters. The third-order valence-electron chi connectivity index (χ3n) is 5.11. The SMILES string of the molecule is CC(C)CCn1c(=O)c2c(ncn2Cc2ccccc2)n(-c2ccc(Cl)cc2)c1=O. The fourth-order valence-corrected chi connectivity index (χ4v) is 3.61. The van der Waals surface area contributed by atoms with Crippen molar-refractivity contribution in [3.63, 3.8) is 0 Å². The summed E-state index contributed by atoms with van der Waals surface area (Å²) in [7, 11) is 0. The van der Waals surface area contributed by atoms with Crippen LogP contribution in [0.25, 0.3) is 16.9 Å². The molecule has 0 radical (unpaired) electrons. The molecule has 0 aliphatic rings. The summed E-state index contributed by atoms with van der Waals surface area (Å²) in [5.74, 6) is 0.366. The first-order chi connectivity index (χ1) is 14.5. The van der Waals surface area contributed by atoms with Gasteiger partial charge >= 0.3 is 5.69 Å². The highest BCUT2D eigenvalue weighted by atomic mass is 35.5. The van der Waals surface area contributed by atoms with Crippen molar-refractivity contribution >= 4 is 22.8 Å². The second kappa shape index (κ2) is 8.32. The lowest BCUT2D eigenvalue weighted by molar-refractivity contribution is 0.491. The van der Waals surface area contributed by atoms with Gasteiger partial charge in [0.2, 0.25) is 0 Å². The quantitative estimate of drug-likeness (QED) is 0.470. The van der Waals surface area contributed by atoms with E-state index in [0.717, 1.165) is 12.0 Å². The Bertz CT molecular complexity index is 1290. The van der Waals surface area contributed by atoms with Crippen LogP contribution in [-0.4, -0.2) is 18.7 Å². The molecule has 4 aromatic rings. The van der Waals surface area contributed by atoms with Crippen LogP contribution in [0.5, 0.6) is 0 Å². The zero-order chi connectivity index (χ0) is 21.3. The molecular weight excluding hydrogens is 400 g/mol. The summed E-state index contributed by atoms with van der Waals surface area (Å²) >= 11 is 6.03. The second-order valence-corrected chi connectivity index (χ2v) is 8.20. The molecule has 4 rings (SSSR count). The molecule has 0 saturated heterocycles. The number of rotatable bonds is 6. The van der Waals surface area contributed by atoms with Gasteiger partial charge in [-0.3, -0.25) is 9.36 Å². The highest BCUT2D eigenvalue weighted by molar-refractivity contribution is 6.30. The maximum atomic E-state index is 13.3.